The minimum absolute atomic E-state index is 0.0485. The van der Waals surface area contributed by atoms with Crippen molar-refractivity contribution in [1.29, 1.82) is 0 Å². The molecule has 102 valence electrons. The van der Waals surface area contributed by atoms with Crippen LogP contribution in [0.15, 0.2) is 29.0 Å². The second-order valence-corrected chi connectivity index (χ2v) is 5.88. The van der Waals surface area contributed by atoms with Gasteiger partial charge in [0.1, 0.15) is 0 Å². The molecule has 0 aliphatic heterocycles. The first-order chi connectivity index (χ1) is 9.04. The Morgan fingerprint density at radius 2 is 1.84 bits per heavy atom. The summed E-state index contributed by atoms with van der Waals surface area (Å²) in [4.78, 5) is 0. The Morgan fingerprint density at radius 1 is 1.11 bits per heavy atom. The van der Waals surface area contributed by atoms with Crippen molar-refractivity contribution in [3.63, 3.8) is 0 Å². The summed E-state index contributed by atoms with van der Waals surface area (Å²) >= 11 is 1.62. The summed E-state index contributed by atoms with van der Waals surface area (Å²) in [5.41, 5.74) is 11.7. The summed E-state index contributed by atoms with van der Waals surface area (Å²) in [6.07, 6.45) is -0.529. The molecule has 0 bridgehead atoms. The van der Waals surface area contributed by atoms with E-state index in [0.29, 0.717) is 6.54 Å². The zero-order valence-corrected chi connectivity index (χ0v) is 12.5. The molecule has 0 saturated carbocycles. The molecule has 0 saturated heterocycles. The highest BCUT2D eigenvalue weighted by molar-refractivity contribution is 7.08. The van der Waals surface area contributed by atoms with Gasteiger partial charge in [-0.25, -0.2) is 0 Å². The van der Waals surface area contributed by atoms with Gasteiger partial charge in [-0.15, -0.1) is 0 Å². The van der Waals surface area contributed by atoms with Gasteiger partial charge in [-0.2, -0.15) is 11.3 Å². The number of aliphatic hydroxyl groups excluding tert-OH is 1. The van der Waals surface area contributed by atoms with Crippen molar-refractivity contribution in [1.82, 2.24) is 0 Å². The Kier molecular flexibility index (Phi) is 4.40. The lowest BCUT2D eigenvalue weighted by atomic mass is 9.87. The molecule has 0 fully saturated rings. The van der Waals surface area contributed by atoms with Crippen LogP contribution >= 0.6 is 11.3 Å². The highest BCUT2D eigenvalue weighted by Gasteiger charge is 2.23. The fourth-order valence-corrected chi connectivity index (χ4v) is 3.21. The van der Waals surface area contributed by atoms with E-state index < -0.39 is 6.10 Å². The van der Waals surface area contributed by atoms with Crippen LogP contribution in [-0.4, -0.2) is 11.7 Å². The van der Waals surface area contributed by atoms with Crippen LogP contribution < -0.4 is 5.73 Å². The fraction of sp³-hybridized carbons (Fsp3) is 0.375. The molecular weight excluding hydrogens is 254 g/mol. The van der Waals surface area contributed by atoms with Gasteiger partial charge in [-0.05, 0) is 59.3 Å². The second-order valence-electron chi connectivity index (χ2n) is 5.14. The molecular formula is C16H21NOS. The Labute approximate surface area is 118 Å². The molecule has 0 aliphatic rings. The van der Waals surface area contributed by atoms with Gasteiger partial charge in [-0.3, -0.25) is 0 Å². The quantitative estimate of drug-likeness (QED) is 0.897. The smallest absolute Gasteiger partial charge is 0.0881 e. The summed E-state index contributed by atoms with van der Waals surface area (Å²) in [6.45, 7) is 6.66. The van der Waals surface area contributed by atoms with Crippen LogP contribution in [-0.2, 0) is 0 Å². The Morgan fingerprint density at radius 3 is 2.37 bits per heavy atom. The largest absolute Gasteiger partial charge is 0.388 e. The van der Waals surface area contributed by atoms with E-state index in [9.17, 15) is 5.11 Å². The second kappa shape index (κ2) is 5.87. The fourth-order valence-electron chi connectivity index (χ4n) is 2.33. The molecule has 19 heavy (non-hydrogen) atoms. The van der Waals surface area contributed by atoms with Gasteiger partial charge in [0.2, 0.25) is 0 Å². The number of aryl methyl sites for hydroxylation is 3. The number of thiophene rings is 1. The summed E-state index contributed by atoms with van der Waals surface area (Å²) in [7, 11) is 0. The van der Waals surface area contributed by atoms with E-state index in [1.54, 1.807) is 11.3 Å². The average Bonchev–Trinajstić information content (AvgIpc) is 2.80. The number of hydrogen-bond donors (Lipinski definition) is 2. The first-order valence-corrected chi connectivity index (χ1v) is 7.46. The maximum Gasteiger partial charge on any atom is 0.0881 e. The van der Waals surface area contributed by atoms with Crippen LogP contribution in [0, 0.1) is 20.8 Å². The standard InChI is InChI=1S/C16H21NOS/c1-10-4-5-13(6-11(10)2)14(7-17)16(18)15-9-19-8-12(15)3/h4-6,8-9,14,16,18H,7,17H2,1-3H3. The minimum Gasteiger partial charge on any atom is -0.388 e. The molecule has 2 atom stereocenters. The van der Waals surface area contributed by atoms with Crippen LogP contribution in [0.3, 0.4) is 0 Å². The Hall–Kier alpha value is -1.16. The van der Waals surface area contributed by atoms with Gasteiger partial charge in [0.05, 0.1) is 6.10 Å². The molecule has 0 amide bonds. The van der Waals surface area contributed by atoms with Crippen molar-refractivity contribution in [2.24, 2.45) is 5.73 Å². The predicted molar refractivity (Wildman–Crippen MR) is 81.7 cm³/mol. The number of rotatable bonds is 4. The summed E-state index contributed by atoms with van der Waals surface area (Å²) in [6, 6.07) is 6.31. The van der Waals surface area contributed by atoms with Gasteiger partial charge in [-0.1, -0.05) is 18.2 Å². The molecule has 2 rings (SSSR count). The van der Waals surface area contributed by atoms with Gasteiger partial charge in [0.15, 0.2) is 0 Å². The van der Waals surface area contributed by atoms with Crippen LogP contribution in [0.1, 0.15) is 39.8 Å². The third kappa shape index (κ3) is 2.89. The lowest BCUT2D eigenvalue weighted by molar-refractivity contribution is 0.147. The van der Waals surface area contributed by atoms with E-state index >= 15 is 0 Å². The highest BCUT2D eigenvalue weighted by Crippen LogP contribution is 2.34. The summed E-state index contributed by atoms with van der Waals surface area (Å²) in [5.74, 6) is -0.0485. The molecule has 3 heteroatoms. The van der Waals surface area contributed by atoms with Crippen molar-refractivity contribution in [3.8, 4) is 0 Å². The number of aliphatic hydroxyl groups is 1. The SMILES string of the molecule is Cc1ccc(C(CN)C(O)c2cscc2C)cc1C. The van der Waals surface area contributed by atoms with Crippen LogP contribution in [0.4, 0.5) is 0 Å². The molecule has 0 aliphatic carbocycles. The maximum atomic E-state index is 10.6. The first-order valence-electron chi connectivity index (χ1n) is 6.52. The highest BCUT2D eigenvalue weighted by atomic mass is 32.1. The number of benzene rings is 1. The summed E-state index contributed by atoms with van der Waals surface area (Å²) in [5, 5.41) is 14.7. The van der Waals surface area contributed by atoms with Gasteiger partial charge in [0, 0.05) is 12.5 Å². The van der Waals surface area contributed by atoms with E-state index in [0.717, 1.165) is 16.7 Å². The zero-order valence-electron chi connectivity index (χ0n) is 11.7. The van der Waals surface area contributed by atoms with Crippen molar-refractivity contribution in [2.75, 3.05) is 6.54 Å². The first kappa shape index (κ1) is 14.3. The van der Waals surface area contributed by atoms with E-state index in [-0.39, 0.29) is 5.92 Å². The normalized spacial score (nSPS) is 14.4. The minimum atomic E-state index is -0.529. The lowest BCUT2D eigenvalue weighted by Gasteiger charge is -2.23. The van der Waals surface area contributed by atoms with Crippen LogP contribution in [0.25, 0.3) is 0 Å². The van der Waals surface area contributed by atoms with Gasteiger partial charge in [0.25, 0.3) is 0 Å². The third-order valence-corrected chi connectivity index (χ3v) is 4.69. The predicted octanol–water partition coefficient (Wildman–Crippen LogP) is 3.45. The van der Waals surface area contributed by atoms with Crippen molar-refractivity contribution >= 4 is 11.3 Å². The Bertz CT molecular complexity index is 562. The van der Waals surface area contributed by atoms with Crippen molar-refractivity contribution < 1.29 is 5.11 Å². The molecule has 1 aromatic heterocycles. The Balaban J connectivity index is 2.34. The average molecular weight is 275 g/mol. The molecule has 2 unspecified atom stereocenters. The molecule has 1 aromatic carbocycles. The van der Waals surface area contributed by atoms with E-state index in [4.69, 9.17) is 5.73 Å². The molecule has 0 radical (unpaired) electrons. The number of nitrogens with two attached hydrogens (primary N) is 1. The molecule has 0 spiro atoms. The van der Waals surface area contributed by atoms with Crippen LogP contribution in [0.5, 0.6) is 0 Å². The molecule has 2 aromatic rings. The van der Waals surface area contributed by atoms with Gasteiger partial charge < -0.3 is 10.8 Å². The monoisotopic (exact) mass is 275 g/mol. The van der Waals surface area contributed by atoms with Gasteiger partial charge >= 0.3 is 0 Å². The van der Waals surface area contributed by atoms with E-state index in [1.807, 2.05) is 12.3 Å². The lowest BCUT2D eigenvalue weighted by Crippen LogP contribution is -2.20. The van der Waals surface area contributed by atoms with E-state index in [2.05, 4.69) is 37.4 Å². The third-order valence-electron chi connectivity index (χ3n) is 3.81. The zero-order chi connectivity index (χ0) is 14.0. The van der Waals surface area contributed by atoms with Crippen LogP contribution in [0.2, 0.25) is 0 Å². The molecule has 3 N–H and O–H groups in total. The maximum absolute atomic E-state index is 10.6. The molecule has 2 nitrogen and oxygen atoms in total. The number of hydrogen-bond acceptors (Lipinski definition) is 3. The van der Waals surface area contributed by atoms with E-state index in [1.165, 1.54) is 11.1 Å². The topological polar surface area (TPSA) is 46.2 Å². The van der Waals surface area contributed by atoms with Crippen molar-refractivity contribution in [2.45, 2.75) is 32.8 Å². The molecule has 1 heterocycles. The van der Waals surface area contributed by atoms with Crippen molar-refractivity contribution in [3.05, 3.63) is 56.8 Å². The summed E-state index contributed by atoms with van der Waals surface area (Å²) < 4.78 is 0.